The predicted octanol–water partition coefficient (Wildman–Crippen LogP) is 1.46. The largest absolute Gasteiger partial charge is 0.478 e. The molecule has 17 heavy (non-hydrogen) atoms. The first kappa shape index (κ1) is 12.0. The van der Waals surface area contributed by atoms with Crippen LogP contribution in [0.3, 0.4) is 0 Å². The van der Waals surface area contributed by atoms with E-state index in [-0.39, 0.29) is 11.3 Å². The van der Waals surface area contributed by atoms with Gasteiger partial charge in [0.1, 0.15) is 0 Å². The van der Waals surface area contributed by atoms with E-state index in [1.807, 2.05) is 4.90 Å². The normalized spacial score (nSPS) is 15.9. The molecule has 1 fully saturated rings. The molecule has 5 nitrogen and oxygen atoms in total. The number of nitrogens with two attached hydrogens (primary N) is 1. The summed E-state index contributed by atoms with van der Waals surface area (Å²) >= 11 is 6.08. The second kappa shape index (κ2) is 4.81. The smallest absolute Gasteiger partial charge is 0.337 e. The van der Waals surface area contributed by atoms with Gasteiger partial charge in [0.05, 0.1) is 29.5 Å². The van der Waals surface area contributed by atoms with Gasteiger partial charge in [-0.3, -0.25) is 0 Å². The van der Waals surface area contributed by atoms with Crippen molar-refractivity contribution in [1.29, 1.82) is 0 Å². The Morgan fingerprint density at radius 2 is 2.06 bits per heavy atom. The standard InChI is InChI=1S/C11H13ClN2O3/c12-8-6-9(13)7(11(15)16)5-10(8)14-1-3-17-4-2-14/h5-6H,1-4,13H2,(H,15,16). The average Bonchev–Trinajstić information content (AvgIpc) is 2.29. The highest BCUT2D eigenvalue weighted by molar-refractivity contribution is 6.33. The highest BCUT2D eigenvalue weighted by Crippen LogP contribution is 2.31. The first-order chi connectivity index (χ1) is 8.09. The lowest BCUT2D eigenvalue weighted by molar-refractivity contribution is 0.0698. The Balaban J connectivity index is 2.38. The zero-order chi connectivity index (χ0) is 12.4. The van der Waals surface area contributed by atoms with E-state index in [0.717, 1.165) is 0 Å². The summed E-state index contributed by atoms with van der Waals surface area (Å²) in [5.41, 5.74) is 6.57. The van der Waals surface area contributed by atoms with Gasteiger partial charge in [0.25, 0.3) is 0 Å². The van der Waals surface area contributed by atoms with Crippen molar-refractivity contribution in [3.05, 3.63) is 22.7 Å². The first-order valence-corrected chi connectivity index (χ1v) is 5.62. The fourth-order valence-electron chi connectivity index (χ4n) is 1.81. The fraction of sp³-hybridized carbons (Fsp3) is 0.364. The van der Waals surface area contributed by atoms with Gasteiger partial charge in [-0.1, -0.05) is 11.6 Å². The summed E-state index contributed by atoms with van der Waals surface area (Å²) in [7, 11) is 0. The van der Waals surface area contributed by atoms with Gasteiger partial charge in [-0.15, -0.1) is 0 Å². The zero-order valence-corrected chi connectivity index (χ0v) is 9.91. The van der Waals surface area contributed by atoms with Crippen molar-refractivity contribution < 1.29 is 14.6 Å². The Kier molecular flexibility index (Phi) is 3.40. The number of aromatic carboxylic acids is 1. The molecule has 0 saturated carbocycles. The summed E-state index contributed by atoms with van der Waals surface area (Å²) < 4.78 is 5.24. The number of carboxylic acids is 1. The number of halogens is 1. The van der Waals surface area contributed by atoms with Crippen LogP contribution in [0.5, 0.6) is 0 Å². The summed E-state index contributed by atoms with van der Waals surface area (Å²) in [6.45, 7) is 2.62. The Morgan fingerprint density at radius 1 is 1.41 bits per heavy atom. The molecule has 1 heterocycles. The molecule has 1 aromatic rings. The average molecular weight is 257 g/mol. The molecule has 0 atom stereocenters. The molecule has 6 heteroatoms. The van der Waals surface area contributed by atoms with Crippen molar-refractivity contribution in [1.82, 2.24) is 0 Å². The second-order valence-corrected chi connectivity index (χ2v) is 4.20. The summed E-state index contributed by atoms with van der Waals surface area (Å²) in [6.07, 6.45) is 0. The highest BCUT2D eigenvalue weighted by atomic mass is 35.5. The van der Waals surface area contributed by atoms with E-state index in [1.54, 1.807) is 0 Å². The van der Waals surface area contributed by atoms with Crippen molar-refractivity contribution in [3.8, 4) is 0 Å². The van der Waals surface area contributed by atoms with Gasteiger partial charge in [-0.2, -0.15) is 0 Å². The Morgan fingerprint density at radius 3 is 2.65 bits per heavy atom. The molecule has 1 aliphatic rings. The number of nitrogen functional groups attached to an aromatic ring is 1. The van der Waals surface area contributed by atoms with Crippen LogP contribution >= 0.6 is 11.6 Å². The van der Waals surface area contributed by atoms with Crippen LogP contribution in [0.1, 0.15) is 10.4 Å². The molecule has 0 spiro atoms. The molecular weight excluding hydrogens is 244 g/mol. The summed E-state index contributed by atoms with van der Waals surface area (Å²) in [4.78, 5) is 13.0. The maximum absolute atomic E-state index is 11.0. The SMILES string of the molecule is Nc1cc(Cl)c(N2CCOCC2)cc1C(=O)O. The van der Waals surface area contributed by atoms with E-state index < -0.39 is 5.97 Å². The Labute approximate surface area is 104 Å². The number of benzene rings is 1. The third-order valence-corrected chi connectivity index (χ3v) is 3.00. The number of anilines is 2. The van der Waals surface area contributed by atoms with E-state index in [9.17, 15) is 4.79 Å². The van der Waals surface area contributed by atoms with Crippen molar-refractivity contribution in [3.63, 3.8) is 0 Å². The van der Waals surface area contributed by atoms with Gasteiger partial charge in [-0.25, -0.2) is 4.79 Å². The number of ether oxygens (including phenoxy) is 1. The number of hydrogen-bond donors (Lipinski definition) is 2. The van der Waals surface area contributed by atoms with Crippen LogP contribution in [0, 0.1) is 0 Å². The number of nitrogens with zero attached hydrogens (tertiary/aromatic N) is 1. The van der Waals surface area contributed by atoms with Crippen LogP contribution in [0.2, 0.25) is 5.02 Å². The molecule has 1 aliphatic heterocycles. The summed E-state index contributed by atoms with van der Waals surface area (Å²) in [6, 6.07) is 3.00. The lowest BCUT2D eigenvalue weighted by Gasteiger charge is -2.30. The van der Waals surface area contributed by atoms with E-state index in [2.05, 4.69) is 0 Å². The second-order valence-electron chi connectivity index (χ2n) is 3.80. The molecule has 92 valence electrons. The van der Waals surface area contributed by atoms with Gasteiger partial charge in [-0.05, 0) is 12.1 Å². The van der Waals surface area contributed by atoms with Gasteiger partial charge in [0, 0.05) is 18.8 Å². The molecule has 3 N–H and O–H groups in total. The first-order valence-electron chi connectivity index (χ1n) is 5.24. The van der Waals surface area contributed by atoms with Crippen molar-refractivity contribution in [2.45, 2.75) is 0 Å². The number of morpholine rings is 1. The van der Waals surface area contributed by atoms with Crippen LogP contribution in [0.25, 0.3) is 0 Å². The van der Waals surface area contributed by atoms with Crippen LogP contribution < -0.4 is 10.6 Å². The topological polar surface area (TPSA) is 75.8 Å². The number of carboxylic acid groups (broad SMARTS) is 1. The Bertz CT molecular complexity index is 445. The molecule has 0 radical (unpaired) electrons. The number of hydrogen-bond acceptors (Lipinski definition) is 4. The third kappa shape index (κ3) is 2.45. The maximum atomic E-state index is 11.0. The van der Waals surface area contributed by atoms with Crippen molar-refractivity contribution in [2.75, 3.05) is 36.9 Å². The predicted molar refractivity (Wildman–Crippen MR) is 65.9 cm³/mol. The van der Waals surface area contributed by atoms with Crippen LogP contribution in [-0.4, -0.2) is 37.4 Å². The van der Waals surface area contributed by atoms with E-state index in [4.69, 9.17) is 27.2 Å². The summed E-state index contributed by atoms with van der Waals surface area (Å²) in [5.74, 6) is -1.05. The molecule has 1 saturated heterocycles. The van der Waals surface area contributed by atoms with Gasteiger partial charge < -0.3 is 20.5 Å². The lowest BCUT2D eigenvalue weighted by Crippen LogP contribution is -2.36. The van der Waals surface area contributed by atoms with Crippen LogP contribution in [0.4, 0.5) is 11.4 Å². The highest BCUT2D eigenvalue weighted by Gasteiger charge is 2.18. The lowest BCUT2D eigenvalue weighted by atomic mass is 10.1. The molecule has 0 unspecified atom stereocenters. The number of carbonyl (C=O) groups is 1. The number of rotatable bonds is 2. The molecule has 0 bridgehead atoms. The van der Waals surface area contributed by atoms with Gasteiger partial charge >= 0.3 is 5.97 Å². The Hall–Kier alpha value is -1.46. The van der Waals surface area contributed by atoms with E-state index >= 15 is 0 Å². The third-order valence-electron chi connectivity index (χ3n) is 2.70. The van der Waals surface area contributed by atoms with E-state index in [0.29, 0.717) is 37.0 Å². The molecule has 0 amide bonds. The summed E-state index contributed by atoms with van der Waals surface area (Å²) in [5, 5.41) is 9.48. The van der Waals surface area contributed by atoms with E-state index in [1.165, 1.54) is 12.1 Å². The monoisotopic (exact) mass is 256 g/mol. The molecule has 2 rings (SSSR count). The molecular formula is C11H13ClN2O3. The zero-order valence-electron chi connectivity index (χ0n) is 9.15. The van der Waals surface area contributed by atoms with Gasteiger partial charge in [0.2, 0.25) is 0 Å². The molecule has 1 aromatic carbocycles. The quantitative estimate of drug-likeness (QED) is 0.784. The minimum Gasteiger partial charge on any atom is -0.478 e. The van der Waals surface area contributed by atoms with Crippen LogP contribution in [0.15, 0.2) is 12.1 Å². The maximum Gasteiger partial charge on any atom is 0.337 e. The van der Waals surface area contributed by atoms with Crippen molar-refractivity contribution >= 4 is 28.9 Å². The molecule has 0 aliphatic carbocycles. The minimum absolute atomic E-state index is 0.0795. The molecule has 0 aromatic heterocycles. The minimum atomic E-state index is -1.05. The fourth-order valence-corrected chi connectivity index (χ4v) is 2.10. The van der Waals surface area contributed by atoms with Crippen molar-refractivity contribution in [2.24, 2.45) is 0 Å². The van der Waals surface area contributed by atoms with Gasteiger partial charge in [0.15, 0.2) is 0 Å². The van der Waals surface area contributed by atoms with Crippen LogP contribution in [-0.2, 0) is 4.74 Å².